The molecule has 3 aromatic heterocycles. The summed E-state index contributed by atoms with van der Waals surface area (Å²) in [5.74, 6) is -0.0979. The molecule has 0 fully saturated rings. The van der Waals surface area contributed by atoms with Crippen LogP contribution >= 0.6 is 34.0 Å². The molecule has 0 saturated carbocycles. The quantitative estimate of drug-likeness (QED) is 0.379. The van der Waals surface area contributed by atoms with Gasteiger partial charge in [0.05, 0.1) is 4.88 Å². The molecule has 0 aliphatic heterocycles. The van der Waals surface area contributed by atoms with Gasteiger partial charge in [0, 0.05) is 36.2 Å². The van der Waals surface area contributed by atoms with Crippen molar-refractivity contribution in [2.24, 2.45) is 0 Å². The summed E-state index contributed by atoms with van der Waals surface area (Å²) < 4.78 is 0. The fraction of sp³-hybridized carbons (Fsp3) is 0. The molecule has 0 amide bonds. The van der Waals surface area contributed by atoms with Gasteiger partial charge in [-0.05, 0) is 29.6 Å². The number of ketones is 2. The van der Waals surface area contributed by atoms with Crippen LogP contribution in [0.4, 0.5) is 0 Å². The molecule has 0 saturated heterocycles. The molecule has 0 spiro atoms. The number of thiophene rings is 3. The summed E-state index contributed by atoms with van der Waals surface area (Å²) in [6.07, 6.45) is 0. The van der Waals surface area contributed by atoms with Crippen LogP contribution in [0.2, 0.25) is 0 Å². The van der Waals surface area contributed by atoms with Crippen LogP contribution in [0.1, 0.15) is 31.2 Å². The predicted molar refractivity (Wildman–Crippen MR) is 104 cm³/mol. The van der Waals surface area contributed by atoms with Gasteiger partial charge >= 0.3 is 0 Å². The maximum absolute atomic E-state index is 12.8. The van der Waals surface area contributed by atoms with Crippen molar-refractivity contribution < 1.29 is 9.59 Å². The second kappa shape index (κ2) is 5.59. The first-order chi connectivity index (χ1) is 12.2. The second-order valence-corrected chi connectivity index (χ2v) is 8.78. The molecule has 1 aliphatic rings. The Bertz CT molecular complexity index is 1080. The molecule has 0 radical (unpaired) electrons. The molecule has 4 aromatic rings. The van der Waals surface area contributed by atoms with E-state index in [1.165, 1.54) is 21.1 Å². The summed E-state index contributed by atoms with van der Waals surface area (Å²) in [6.45, 7) is 0. The van der Waals surface area contributed by atoms with Gasteiger partial charge in [-0.3, -0.25) is 9.59 Å². The highest BCUT2D eigenvalue weighted by atomic mass is 32.1. The van der Waals surface area contributed by atoms with E-state index in [-0.39, 0.29) is 11.6 Å². The highest BCUT2D eigenvalue weighted by molar-refractivity contribution is 7.26. The number of benzene rings is 1. The summed E-state index contributed by atoms with van der Waals surface area (Å²) in [6, 6.07) is 17.3. The number of hydrogen-bond acceptors (Lipinski definition) is 5. The van der Waals surface area contributed by atoms with E-state index in [1.807, 2.05) is 12.1 Å². The zero-order valence-corrected chi connectivity index (χ0v) is 15.3. The van der Waals surface area contributed by atoms with Crippen molar-refractivity contribution in [1.82, 2.24) is 0 Å². The van der Waals surface area contributed by atoms with E-state index in [9.17, 15) is 9.59 Å². The summed E-state index contributed by atoms with van der Waals surface area (Å²) in [7, 11) is 0. The smallest absolute Gasteiger partial charge is 0.204 e. The van der Waals surface area contributed by atoms with E-state index in [4.69, 9.17) is 0 Å². The average molecular weight is 378 g/mol. The van der Waals surface area contributed by atoms with E-state index in [1.54, 1.807) is 46.9 Å². The van der Waals surface area contributed by atoms with Gasteiger partial charge in [0.15, 0.2) is 5.78 Å². The van der Waals surface area contributed by atoms with Gasteiger partial charge in [-0.1, -0.05) is 30.3 Å². The summed E-state index contributed by atoms with van der Waals surface area (Å²) in [5, 5.41) is 2.06. The van der Waals surface area contributed by atoms with Gasteiger partial charge in [0.25, 0.3) is 0 Å². The van der Waals surface area contributed by atoms with Crippen LogP contribution < -0.4 is 0 Å². The number of hydrogen-bond donors (Lipinski definition) is 0. The zero-order chi connectivity index (χ0) is 17.0. The summed E-state index contributed by atoms with van der Waals surface area (Å²) >= 11 is 4.82. The van der Waals surface area contributed by atoms with Crippen molar-refractivity contribution in [3.63, 3.8) is 0 Å². The monoisotopic (exact) mass is 378 g/mol. The summed E-state index contributed by atoms with van der Waals surface area (Å²) in [5.41, 5.74) is 1.56. The van der Waals surface area contributed by atoms with Crippen molar-refractivity contribution in [3.8, 4) is 19.5 Å². The molecular weight excluding hydrogens is 368 g/mol. The Morgan fingerprint density at radius 3 is 2.04 bits per heavy atom. The van der Waals surface area contributed by atoms with Crippen LogP contribution in [-0.4, -0.2) is 11.6 Å². The highest BCUT2D eigenvalue weighted by Gasteiger charge is 2.32. The molecule has 0 atom stereocenters. The normalized spacial score (nSPS) is 13.0. The molecule has 25 heavy (non-hydrogen) atoms. The largest absolute Gasteiger partial charge is 0.289 e. The van der Waals surface area contributed by atoms with Gasteiger partial charge in [0.1, 0.15) is 0 Å². The molecule has 1 aliphatic carbocycles. The third-order valence-electron chi connectivity index (χ3n) is 4.21. The molecule has 1 aromatic carbocycles. The first kappa shape index (κ1) is 15.0. The topological polar surface area (TPSA) is 34.1 Å². The first-order valence-corrected chi connectivity index (χ1v) is 10.2. The van der Waals surface area contributed by atoms with Crippen molar-refractivity contribution in [3.05, 3.63) is 81.5 Å². The fourth-order valence-corrected chi connectivity index (χ4v) is 6.05. The molecule has 5 rings (SSSR count). The molecule has 0 bridgehead atoms. The Balaban J connectivity index is 1.61. The van der Waals surface area contributed by atoms with E-state index in [0.29, 0.717) is 21.6 Å². The third-order valence-corrected chi connectivity index (χ3v) is 7.69. The van der Waals surface area contributed by atoms with E-state index in [2.05, 4.69) is 23.6 Å². The van der Waals surface area contributed by atoms with E-state index < -0.39 is 0 Å². The van der Waals surface area contributed by atoms with Crippen LogP contribution in [-0.2, 0) is 0 Å². The third kappa shape index (κ3) is 2.28. The van der Waals surface area contributed by atoms with E-state index in [0.717, 1.165) is 9.75 Å². The predicted octanol–water partition coefficient (Wildman–Crippen LogP) is 5.98. The second-order valence-electron chi connectivity index (χ2n) is 5.70. The number of fused-ring (bicyclic) bond motifs is 2. The Labute approximate surface area is 156 Å². The SMILES string of the molecule is O=C1c2ccccc2C(=O)c2sc(-c3ccc(-c4cccs4)s3)cc21. The zero-order valence-electron chi connectivity index (χ0n) is 12.8. The molecule has 5 heteroatoms. The van der Waals surface area contributed by atoms with Gasteiger partial charge in [-0.25, -0.2) is 0 Å². The molecule has 2 nitrogen and oxygen atoms in total. The van der Waals surface area contributed by atoms with Crippen LogP contribution in [0.5, 0.6) is 0 Å². The van der Waals surface area contributed by atoms with Crippen molar-refractivity contribution in [2.45, 2.75) is 0 Å². The lowest BCUT2D eigenvalue weighted by atomic mass is 9.89. The van der Waals surface area contributed by atoms with Crippen molar-refractivity contribution >= 4 is 45.6 Å². The number of rotatable bonds is 2. The highest BCUT2D eigenvalue weighted by Crippen LogP contribution is 2.42. The Hall–Kier alpha value is -2.34. The standard InChI is InChI=1S/C20H10O2S3/c21-18-11-4-1-2-5-12(11)19(22)20-13(18)10-17(25-20)16-8-7-15(24-16)14-6-3-9-23-14/h1-10H. The Morgan fingerprint density at radius 2 is 1.32 bits per heavy atom. The van der Waals surface area contributed by atoms with Gasteiger partial charge in [0.2, 0.25) is 5.78 Å². The molecular formula is C20H10O2S3. The fourth-order valence-electron chi connectivity index (χ4n) is 3.02. The van der Waals surface area contributed by atoms with Crippen molar-refractivity contribution in [1.29, 1.82) is 0 Å². The number of carbonyl (C=O) groups excluding carboxylic acids is 2. The lowest BCUT2D eigenvalue weighted by molar-refractivity contribution is 0.0982. The molecule has 120 valence electrons. The molecule has 0 N–H and O–H groups in total. The van der Waals surface area contributed by atoms with Gasteiger partial charge in [-0.2, -0.15) is 0 Å². The van der Waals surface area contributed by atoms with Crippen molar-refractivity contribution in [2.75, 3.05) is 0 Å². The van der Waals surface area contributed by atoms with Crippen LogP contribution in [0, 0.1) is 0 Å². The maximum atomic E-state index is 12.8. The minimum absolute atomic E-state index is 0.0449. The molecule has 3 heterocycles. The Morgan fingerprint density at radius 1 is 0.600 bits per heavy atom. The maximum Gasteiger partial charge on any atom is 0.204 e. The van der Waals surface area contributed by atoms with Gasteiger partial charge < -0.3 is 0 Å². The lowest BCUT2D eigenvalue weighted by Crippen LogP contribution is -2.18. The van der Waals surface area contributed by atoms with Crippen LogP contribution in [0.25, 0.3) is 19.5 Å². The average Bonchev–Trinajstić information content (AvgIpc) is 3.38. The number of carbonyl (C=O) groups is 2. The molecule has 0 unspecified atom stereocenters. The lowest BCUT2D eigenvalue weighted by Gasteiger charge is -2.12. The van der Waals surface area contributed by atoms with Crippen LogP contribution in [0.15, 0.2) is 60.0 Å². The Kier molecular flexibility index (Phi) is 3.35. The minimum atomic E-state index is -0.0530. The minimum Gasteiger partial charge on any atom is -0.289 e. The van der Waals surface area contributed by atoms with Gasteiger partial charge in [-0.15, -0.1) is 34.0 Å². The first-order valence-electron chi connectivity index (χ1n) is 7.69. The van der Waals surface area contributed by atoms with Crippen LogP contribution in [0.3, 0.4) is 0 Å². The van der Waals surface area contributed by atoms with E-state index >= 15 is 0 Å². The summed E-state index contributed by atoms with van der Waals surface area (Å²) in [4.78, 5) is 30.6.